The van der Waals surface area contributed by atoms with E-state index in [0.29, 0.717) is 4.90 Å². The van der Waals surface area contributed by atoms with Gasteiger partial charge in [0.1, 0.15) is 0 Å². The van der Waals surface area contributed by atoms with Crippen molar-refractivity contribution in [3.63, 3.8) is 0 Å². The molecule has 2 rings (SSSR count). The van der Waals surface area contributed by atoms with Crippen molar-refractivity contribution in [3.8, 4) is 0 Å². The Bertz CT molecular complexity index is 334. The molecule has 0 aromatic rings. The zero-order valence-electron chi connectivity index (χ0n) is 7.47. The summed E-state index contributed by atoms with van der Waals surface area (Å²) < 4.78 is 50.4. The first-order valence-electron chi connectivity index (χ1n) is 4.34. The second-order valence-corrected chi connectivity index (χ2v) is 3.85. The topological polar surface area (TPSA) is 37.4 Å². The standard InChI is InChI=1S/C8H7F4NO2/c9-7(10)1-4(2-7)13-3-5(14)8(11,12)6(13)15/h4H,1-3H2. The molecular formula is C8H7F4NO2. The summed E-state index contributed by atoms with van der Waals surface area (Å²) in [5.41, 5.74) is 0. The van der Waals surface area contributed by atoms with Crippen molar-refractivity contribution >= 4 is 11.7 Å². The summed E-state index contributed by atoms with van der Waals surface area (Å²) in [4.78, 5) is 22.3. The first-order chi connectivity index (χ1) is 6.74. The zero-order chi connectivity index (χ0) is 11.4. The predicted molar refractivity (Wildman–Crippen MR) is 39.6 cm³/mol. The molecule has 0 aromatic heterocycles. The van der Waals surface area contributed by atoms with Crippen LogP contribution in [0.4, 0.5) is 17.6 Å². The molecule has 3 nitrogen and oxygen atoms in total. The number of alkyl halides is 4. The van der Waals surface area contributed by atoms with E-state index in [1.54, 1.807) is 0 Å². The van der Waals surface area contributed by atoms with Gasteiger partial charge in [-0.05, 0) is 0 Å². The average Bonchev–Trinajstić information content (AvgIpc) is 2.25. The third-order valence-electron chi connectivity index (χ3n) is 2.70. The molecule has 0 unspecified atom stereocenters. The van der Waals surface area contributed by atoms with Crippen LogP contribution >= 0.6 is 0 Å². The third kappa shape index (κ3) is 1.40. The van der Waals surface area contributed by atoms with Gasteiger partial charge in [-0.15, -0.1) is 0 Å². The number of halogens is 4. The van der Waals surface area contributed by atoms with Gasteiger partial charge in [0.25, 0.3) is 5.92 Å². The summed E-state index contributed by atoms with van der Waals surface area (Å²) in [6.45, 7) is -0.757. The molecule has 7 heteroatoms. The van der Waals surface area contributed by atoms with Gasteiger partial charge in [-0.25, -0.2) is 8.78 Å². The fourth-order valence-corrected chi connectivity index (χ4v) is 1.77. The number of rotatable bonds is 1. The van der Waals surface area contributed by atoms with Crippen molar-refractivity contribution in [2.45, 2.75) is 30.7 Å². The Kier molecular flexibility index (Phi) is 1.87. The van der Waals surface area contributed by atoms with Crippen molar-refractivity contribution in [2.75, 3.05) is 6.54 Å². The molecule has 0 radical (unpaired) electrons. The third-order valence-corrected chi connectivity index (χ3v) is 2.70. The fraction of sp³-hybridized carbons (Fsp3) is 0.750. The van der Waals surface area contributed by atoms with Crippen LogP contribution in [0.2, 0.25) is 0 Å². The van der Waals surface area contributed by atoms with Gasteiger partial charge in [-0.3, -0.25) is 9.59 Å². The Morgan fingerprint density at radius 1 is 1.13 bits per heavy atom. The molecule has 2 aliphatic rings. The first kappa shape index (κ1) is 10.4. The van der Waals surface area contributed by atoms with Gasteiger partial charge in [-0.1, -0.05) is 0 Å². The highest BCUT2D eigenvalue weighted by atomic mass is 19.3. The van der Waals surface area contributed by atoms with Crippen LogP contribution in [-0.2, 0) is 9.59 Å². The van der Waals surface area contributed by atoms with E-state index in [0.717, 1.165) is 0 Å². The van der Waals surface area contributed by atoms with Crippen LogP contribution in [0, 0.1) is 0 Å². The molecule has 0 N–H and O–H groups in total. The molecular weight excluding hydrogens is 218 g/mol. The number of hydrogen-bond donors (Lipinski definition) is 0. The van der Waals surface area contributed by atoms with Gasteiger partial charge < -0.3 is 4.90 Å². The number of amides is 1. The number of carbonyl (C=O) groups excluding carboxylic acids is 2. The molecule has 1 aliphatic carbocycles. The van der Waals surface area contributed by atoms with Crippen LogP contribution in [0.15, 0.2) is 0 Å². The average molecular weight is 225 g/mol. The van der Waals surface area contributed by atoms with E-state index in [-0.39, 0.29) is 0 Å². The van der Waals surface area contributed by atoms with E-state index in [9.17, 15) is 27.2 Å². The summed E-state index contributed by atoms with van der Waals surface area (Å²) in [6, 6.07) is -0.926. The highest BCUT2D eigenvalue weighted by molar-refractivity contribution is 6.14. The molecule has 1 heterocycles. The SMILES string of the molecule is O=C1CN(C2CC(F)(F)C2)C(=O)C1(F)F. The molecule has 15 heavy (non-hydrogen) atoms. The largest absolute Gasteiger partial charge is 0.383 e. The second-order valence-electron chi connectivity index (χ2n) is 3.85. The summed E-state index contributed by atoms with van der Waals surface area (Å²) >= 11 is 0. The molecule has 1 saturated carbocycles. The quantitative estimate of drug-likeness (QED) is 0.489. The van der Waals surface area contributed by atoms with E-state index in [1.165, 1.54) is 0 Å². The van der Waals surface area contributed by atoms with E-state index in [4.69, 9.17) is 0 Å². The Hall–Kier alpha value is -1.14. The zero-order valence-corrected chi connectivity index (χ0v) is 7.47. The molecule has 0 aromatic carbocycles. The van der Waals surface area contributed by atoms with Crippen LogP contribution in [0.1, 0.15) is 12.8 Å². The maximum atomic E-state index is 12.8. The van der Waals surface area contributed by atoms with E-state index >= 15 is 0 Å². The smallest absolute Gasteiger partial charge is 0.326 e. The number of carbonyl (C=O) groups is 2. The summed E-state index contributed by atoms with van der Waals surface area (Å²) in [6.07, 6.45) is -1.27. The lowest BCUT2D eigenvalue weighted by atomic mass is 9.87. The van der Waals surface area contributed by atoms with Crippen molar-refractivity contribution in [1.29, 1.82) is 0 Å². The molecule has 0 spiro atoms. The molecule has 84 valence electrons. The Labute approximate surface area is 82.0 Å². The normalized spacial score (nSPS) is 29.5. The lowest BCUT2D eigenvalue weighted by Crippen LogP contribution is -2.52. The van der Waals surface area contributed by atoms with Crippen molar-refractivity contribution < 1.29 is 27.2 Å². The van der Waals surface area contributed by atoms with Gasteiger partial charge in [0.05, 0.1) is 6.54 Å². The number of likely N-dealkylation sites (tertiary alicyclic amines) is 1. The van der Waals surface area contributed by atoms with Gasteiger partial charge in [-0.2, -0.15) is 8.78 Å². The Morgan fingerprint density at radius 2 is 1.67 bits per heavy atom. The van der Waals surface area contributed by atoms with Gasteiger partial charge in [0, 0.05) is 18.9 Å². The van der Waals surface area contributed by atoms with Crippen molar-refractivity contribution in [3.05, 3.63) is 0 Å². The highest BCUT2D eigenvalue weighted by Crippen LogP contribution is 2.42. The summed E-state index contributed by atoms with van der Waals surface area (Å²) in [5.74, 6) is -10.1. The van der Waals surface area contributed by atoms with E-state index in [1.807, 2.05) is 0 Å². The van der Waals surface area contributed by atoms with Crippen molar-refractivity contribution in [1.82, 2.24) is 4.90 Å². The van der Waals surface area contributed by atoms with Gasteiger partial charge >= 0.3 is 11.8 Å². The molecule has 2 fully saturated rings. The minimum absolute atomic E-state index is 0.555. The number of Topliss-reactive ketones (excluding diaryl/α,β-unsaturated/α-hetero) is 1. The van der Waals surface area contributed by atoms with Gasteiger partial charge in [0.15, 0.2) is 0 Å². The molecule has 1 saturated heterocycles. The molecule has 1 amide bonds. The number of nitrogens with zero attached hydrogens (tertiary/aromatic N) is 1. The van der Waals surface area contributed by atoms with E-state index in [2.05, 4.69) is 0 Å². The second kappa shape index (κ2) is 2.70. The Balaban J connectivity index is 2.09. The molecule has 0 atom stereocenters. The summed E-state index contributed by atoms with van der Waals surface area (Å²) in [7, 11) is 0. The van der Waals surface area contributed by atoms with Crippen LogP contribution < -0.4 is 0 Å². The molecule has 1 aliphatic heterocycles. The lowest BCUT2D eigenvalue weighted by molar-refractivity contribution is -0.163. The fourth-order valence-electron chi connectivity index (χ4n) is 1.77. The monoisotopic (exact) mass is 225 g/mol. The number of hydrogen-bond acceptors (Lipinski definition) is 2. The van der Waals surface area contributed by atoms with Crippen molar-refractivity contribution in [2.24, 2.45) is 0 Å². The van der Waals surface area contributed by atoms with E-state index < -0.39 is 49.0 Å². The van der Waals surface area contributed by atoms with Crippen LogP contribution in [-0.4, -0.2) is 41.0 Å². The predicted octanol–water partition coefficient (Wildman–Crippen LogP) is 0.831. The Morgan fingerprint density at radius 3 is 2.00 bits per heavy atom. The van der Waals surface area contributed by atoms with Gasteiger partial charge in [0.2, 0.25) is 5.78 Å². The summed E-state index contributed by atoms with van der Waals surface area (Å²) in [5, 5.41) is 0. The maximum Gasteiger partial charge on any atom is 0.383 e. The molecule has 0 bridgehead atoms. The van der Waals surface area contributed by atoms with Crippen LogP contribution in [0.5, 0.6) is 0 Å². The lowest BCUT2D eigenvalue weighted by Gasteiger charge is -2.40. The van der Waals surface area contributed by atoms with Crippen LogP contribution in [0.3, 0.4) is 0 Å². The number of ketones is 1. The minimum Gasteiger partial charge on any atom is -0.326 e. The maximum absolute atomic E-state index is 12.8. The van der Waals surface area contributed by atoms with Crippen LogP contribution in [0.25, 0.3) is 0 Å². The highest BCUT2D eigenvalue weighted by Gasteiger charge is 2.61. The first-order valence-corrected chi connectivity index (χ1v) is 4.34. The minimum atomic E-state index is -4.02.